The molecule has 0 saturated heterocycles. The van der Waals surface area contributed by atoms with Gasteiger partial charge in [0.05, 0.1) is 10.3 Å². The Balaban J connectivity index is 1.89. The number of carbonyl (C=O) groups is 1. The maximum Gasteiger partial charge on any atom is 0.317 e. The van der Waals surface area contributed by atoms with Crippen LogP contribution in [0.2, 0.25) is 10.0 Å². The van der Waals surface area contributed by atoms with E-state index < -0.39 is 0 Å². The number of halogens is 3. The molecule has 0 radical (unpaired) electrons. The van der Waals surface area contributed by atoms with E-state index in [2.05, 4.69) is 21.2 Å². The molecule has 7 heteroatoms. The minimum Gasteiger partial charge on any atom is -0.334 e. The number of hydrogen-bond acceptors (Lipinski definition) is 2. The number of carbonyl (C=O) groups excluding carboxylic acids is 1. The number of nitrogens with zero attached hydrogens (tertiary/aromatic N) is 1. The van der Waals surface area contributed by atoms with Crippen LogP contribution in [0.4, 0.5) is 4.79 Å². The summed E-state index contributed by atoms with van der Waals surface area (Å²) in [5, 5.41) is 3.97. The van der Waals surface area contributed by atoms with Gasteiger partial charge in [-0.2, -0.15) is 0 Å². The zero-order chi connectivity index (χ0) is 15.4. The van der Waals surface area contributed by atoms with Gasteiger partial charge in [-0.15, -0.1) is 11.3 Å². The normalized spacial score (nSPS) is 10.5. The Morgan fingerprint density at radius 1 is 1.33 bits per heavy atom. The summed E-state index contributed by atoms with van der Waals surface area (Å²) in [6.07, 6.45) is 0. The Morgan fingerprint density at radius 3 is 2.71 bits per heavy atom. The molecule has 2 aromatic rings. The van der Waals surface area contributed by atoms with E-state index in [1.807, 2.05) is 12.1 Å². The molecule has 3 nitrogen and oxygen atoms in total. The summed E-state index contributed by atoms with van der Waals surface area (Å²) in [5.41, 5.74) is 0.835. The molecule has 1 heterocycles. The van der Waals surface area contributed by atoms with Gasteiger partial charge in [-0.25, -0.2) is 4.79 Å². The molecule has 112 valence electrons. The van der Waals surface area contributed by atoms with Crippen LogP contribution in [-0.2, 0) is 13.1 Å². The molecule has 0 aliphatic heterocycles. The molecule has 0 fully saturated rings. The van der Waals surface area contributed by atoms with Crippen molar-refractivity contribution in [2.24, 2.45) is 0 Å². The van der Waals surface area contributed by atoms with E-state index in [4.69, 9.17) is 23.2 Å². The Labute approximate surface area is 146 Å². The van der Waals surface area contributed by atoms with Crippen LogP contribution in [0.25, 0.3) is 0 Å². The smallest absolute Gasteiger partial charge is 0.317 e. The van der Waals surface area contributed by atoms with Gasteiger partial charge in [0.2, 0.25) is 0 Å². The third-order valence-corrected chi connectivity index (χ3v) is 5.01. The number of rotatable bonds is 4. The van der Waals surface area contributed by atoms with Gasteiger partial charge in [-0.05, 0) is 45.8 Å². The number of benzene rings is 1. The van der Waals surface area contributed by atoms with E-state index in [0.717, 1.165) is 14.2 Å². The van der Waals surface area contributed by atoms with Crippen molar-refractivity contribution in [3.63, 3.8) is 0 Å². The zero-order valence-electron chi connectivity index (χ0n) is 11.2. The molecule has 1 aromatic carbocycles. The van der Waals surface area contributed by atoms with Gasteiger partial charge in [0.15, 0.2) is 0 Å². The van der Waals surface area contributed by atoms with Crippen molar-refractivity contribution in [2.45, 2.75) is 13.1 Å². The first-order valence-corrected chi connectivity index (χ1v) is 8.49. The predicted molar refractivity (Wildman–Crippen MR) is 92.2 cm³/mol. The van der Waals surface area contributed by atoms with Gasteiger partial charge >= 0.3 is 6.03 Å². The standard InChI is InChI=1S/C14H13BrCl2N2OS/c1-19(8-11-4-5-13(15)21-11)14(20)18-7-9-2-3-10(16)6-12(9)17/h2-6H,7-8H2,1H3,(H,18,20). The van der Waals surface area contributed by atoms with Crippen molar-refractivity contribution in [3.05, 3.63) is 54.6 Å². The Bertz CT molecular complexity index is 648. The van der Waals surface area contributed by atoms with E-state index in [1.54, 1.807) is 41.5 Å². The maximum atomic E-state index is 12.0. The van der Waals surface area contributed by atoms with Crippen LogP contribution in [0.5, 0.6) is 0 Å². The first-order chi connectivity index (χ1) is 9.95. The first kappa shape index (κ1) is 16.6. The summed E-state index contributed by atoms with van der Waals surface area (Å²) < 4.78 is 1.05. The van der Waals surface area contributed by atoms with Gasteiger partial charge in [-0.3, -0.25) is 0 Å². The number of nitrogens with one attached hydrogen (secondary N) is 1. The fraction of sp³-hybridized carbons (Fsp3) is 0.214. The quantitative estimate of drug-likeness (QED) is 0.745. The largest absolute Gasteiger partial charge is 0.334 e. The highest BCUT2D eigenvalue weighted by Gasteiger charge is 2.11. The maximum absolute atomic E-state index is 12.0. The van der Waals surface area contributed by atoms with E-state index >= 15 is 0 Å². The second-order valence-electron chi connectivity index (χ2n) is 4.46. The van der Waals surface area contributed by atoms with E-state index in [1.165, 1.54) is 0 Å². The SMILES string of the molecule is CN(Cc1ccc(Br)s1)C(=O)NCc1ccc(Cl)cc1Cl. The topological polar surface area (TPSA) is 32.3 Å². The molecule has 0 atom stereocenters. The van der Waals surface area contributed by atoms with Crippen molar-refractivity contribution in [2.75, 3.05) is 7.05 Å². The molecule has 0 saturated carbocycles. The van der Waals surface area contributed by atoms with Crippen molar-refractivity contribution >= 4 is 56.5 Å². The average Bonchev–Trinajstić information content (AvgIpc) is 2.82. The number of hydrogen-bond donors (Lipinski definition) is 1. The monoisotopic (exact) mass is 406 g/mol. The lowest BCUT2D eigenvalue weighted by molar-refractivity contribution is 0.207. The van der Waals surface area contributed by atoms with Crippen LogP contribution in [0.1, 0.15) is 10.4 Å². The van der Waals surface area contributed by atoms with Crippen molar-refractivity contribution < 1.29 is 4.79 Å². The molecular weight excluding hydrogens is 395 g/mol. The average molecular weight is 408 g/mol. The minimum absolute atomic E-state index is 0.148. The molecular formula is C14H13BrCl2N2OS. The second-order valence-corrected chi connectivity index (χ2v) is 7.85. The second kappa shape index (κ2) is 7.49. The molecule has 0 bridgehead atoms. The van der Waals surface area contributed by atoms with E-state index in [-0.39, 0.29) is 6.03 Å². The summed E-state index contributed by atoms with van der Waals surface area (Å²) in [7, 11) is 1.76. The molecule has 1 N–H and O–H groups in total. The van der Waals surface area contributed by atoms with Crippen LogP contribution in [0, 0.1) is 0 Å². The van der Waals surface area contributed by atoms with Gasteiger partial charge in [0, 0.05) is 28.5 Å². The fourth-order valence-corrected chi connectivity index (χ4v) is 3.73. The number of thiophene rings is 1. The molecule has 0 aliphatic carbocycles. The highest BCUT2D eigenvalue weighted by atomic mass is 79.9. The Hall–Kier alpha value is -0.750. The van der Waals surface area contributed by atoms with E-state index in [0.29, 0.717) is 23.1 Å². The van der Waals surface area contributed by atoms with E-state index in [9.17, 15) is 4.79 Å². The lowest BCUT2D eigenvalue weighted by Crippen LogP contribution is -2.36. The van der Waals surface area contributed by atoms with Gasteiger partial charge in [-0.1, -0.05) is 29.3 Å². The molecule has 0 unspecified atom stereocenters. The molecule has 0 spiro atoms. The summed E-state index contributed by atoms with van der Waals surface area (Å²) in [6.45, 7) is 0.934. The summed E-state index contributed by atoms with van der Waals surface area (Å²) >= 11 is 16.9. The minimum atomic E-state index is -0.148. The first-order valence-electron chi connectivity index (χ1n) is 6.13. The van der Waals surface area contributed by atoms with Crippen LogP contribution >= 0.6 is 50.5 Å². The zero-order valence-corrected chi connectivity index (χ0v) is 15.1. The molecule has 2 rings (SSSR count). The lowest BCUT2D eigenvalue weighted by atomic mass is 10.2. The third-order valence-electron chi connectivity index (χ3n) is 2.81. The van der Waals surface area contributed by atoms with Crippen LogP contribution in [-0.4, -0.2) is 18.0 Å². The van der Waals surface area contributed by atoms with Crippen molar-refractivity contribution in [1.29, 1.82) is 0 Å². The van der Waals surface area contributed by atoms with Gasteiger partial charge in [0.1, 0.15) is 0 Å². The Kier molecular flexibility index (Phi) is 5.93. The number of amides is 2. The van der Waals surface area contributed by atoms with Crippen LogP contribution in [0.3, 0.4) is 0 Å². The van der Waals surface area contributed by atoms with Crippen molar-refractivity contribution in [3.8, 4) is 0 Å². The summed E-state index contributed by atoms with van der Waals surface area (Å²) in [4.78, 5) is 14.8. The predicted octanol–water partition coefficient (Wildman–Crippen LogP) is 5.16. The fourth-order valence-electron chi connectivity index (χ4n) is 1.71. The van der Waals surface area contributed by atoms with Crippen molar-refractivity contribution in [1.82, 2.24) is 10.2 Å². The highest BCUT2D eigenvalue weighted by molar-refractivity contribution is 9.11. The molecule has 21 heavy (non-hydrogen) atoms. The summed E-state index contributed by atoms with van der Waals surface area (Å²) in [5.74, 6) is 0. The Morgan fingerprint density at radius 2 is 2.10 bits per heavy atom. The lowest BCUT2D eigenvalue weighted by Gasteiger charge is -2.17. The molecule has 1 aromatic heterocycles. The summed E-state index contributed by atoms with van der Waals surface area (Å²) in [6, 6.07) is 9.04. The third kappa shape index (κ3) is 4.88. The van der Waals surface area contributed by atoms with Crippen LogP contribution < -0.4 is 5.32 Å². The van der Waals surface area contributed by atoms with Crippen LogP contribution in [0.15, 0.2) is 34.1 Å². The molecule has 2 amide bonds. The number of urea groups is 1. The highest BCUT2D eigenvalue weighted by Crippen LogP contribution is 2.23. The van der Waals surface area contributed by atoms with Gasteiger partial charge in [0.25, 0.3) is 0 Å². The molecule has 0 aliphatic rings. The van der Waals surface area contributed by atoms with Gasteiger partial charge < -0.3 is 10.2 Å².